The highest BCUT2D eigenvalue weighted by atomic mass is 79.9. The normalized spacial score (nSPS) is 10.2. The Kier molecular flexibility index (Phi) is 4.91. The van der Waals surface area contributed by atoms with E-state index in [4.69, 9.17) is 27.9 Å². The highest BCUT2D eigenvalue weighted by molar-refractivity contribution is 9.10. The fourth-order valence-corrected chi connectivity index (χ4v) is 2.30. The Labute approximate surface area is 135 Å². The minimum Gasteiger partial charge on any atom is -0.496 e. The lowest BCUT2D eigenvalue weighted by Crippen LogP contribution is -2.13. The third kappa shape index (κ3) is 3.45. The van der Waals surface area contributed by atoms with Crippen molar-refractivity contribution in [1.29, 1.82) is 0 Å². The summed E-state index contributed by atoms with van der Waals surface area (Å²) in [4.78, 5) is 12.2. The van der Waals surface area contributed by atoms with E-state index in [-0.39, 0.29) is 5.91 Å². The van der Waals surface area contributed by atoms with Crippen molar-refractivity contribution in [3.8, 4) is 5.75 Å². The molecule has 2 aromatic carbocycles. The van der Waals surface area contributed by atoms with Crippen molar-refractivity contribution in [2.75, 3.05) is 12.4 Å². The van der Waals surface area contributed by atoms with Crippen LogP contribution in [-0.2, 0) is 0 Å². The number of amides is 1. The van der Waals surface area contributed by atoms with Gasteiger partial charge in [-0.2, -0.15) is 0 Å². The molecule has 2 aromatic rings. The third-order valence-corrected chi connectivity index (χ3v) is 4.03. The molecule has 1 amide bonds. The van der Waals surface area contributed by atoms with Gasteiger partial charge in [0.2, 0.25) is 0 Å². The second-order valence-electron chi connectivity index (χ2n) is 3.93. The maximum absolute atomic E-state index is 12.2. The molecule has 0 saturated heterocycles. The van der Waals surface area contributed by atoms with Crippen LogP contribution in [0.3, 0.4) is 0 Å². The van der Waals surface area contributed by atoms with E-state index in [1.807, 2.05) is 0 Å². The molecule has 0 aliphatic carbocycles. The smallest absolute Gasteiger partial charge is 0.259 e. The van der Waals surface area contributed by atoms with Crippen molar-refractivity contribution in [3.63, 3.8) is 0 Å². The molecule has 0 heterocycles. The molecular weight excluding hydrogens is 365 g/mol. The summed E-state index contributed by atoms with van der Waals surface area (Å²) in [5.74, 6) is 0.151. The summed E-state index contributed by atoms with van der Waals surface area (Å²) < 4.78 is 5.86. The van der Waals surface area contributed by atoms with Crippen LogP contribution in [0.1, 0.15) is 10.4 Å². The SMILES string of the molecule is COc1ccc(Cl)cc1C(=O)Nc1ccc(Cl)c(Br)c1. The number of hydrogen-bond acceptors (Lipinski definition) is 2. The van der Waals surface area contributed by atoms with Gasteiger partial charge in [-0.15, -0.1) is 0 Å². The average molecular weight is 375 g/mol. The summed E-state index contributed by atoms with van der Waals surface area (Å²) in [6.45, 7) is 0. The lowest BCUT2D eigenvalue weighted by molar-refractivity contribution is 0.102. The Morgan fingerprint density at radius 3 is 2.60 bits per heavy atom. The summed E-state index contributed by atoms with van der Waals surface area (Å²) >= 11 is 15.1. The number of methoxy groups -OCH3 is 1. The molecule has 6 heteroatoms. The van der Waals surface area contributed by atoms with E-state index in [1.54, 1.807) is 36.4 Å². The first-order valence-corrected chi connectivity index (χ1v) is 7.16. The summed E-state index contributed by atoms with van der Waals surface area (Å²) in [7, 11) is 1.50. The molecule has 104 valence electrons. The highest BCUT2D eigenvalue weighted by Crippen LogP contribution is 2.27. The van der Waals surface area contributed by atoms with Crippen molar-refractivity contribution < 1.29 is 9.53 Å². The first-order chi connectivity index (χ1) is 9.51. The summed E-state index contributed by atoms with van der Waals surface area (Å²) in [6, 6.07) is 9.99. The topological polar surface area (TPSA) is 38.3 Å². The standard InChI is InChI=1S/C14H10BrCl2NO2/c1-20-13-5-2-8(16)6-10(13)14(19)18-9-3-4-12(17)11(15)7-9/h2-7H,1H3,(H,18,19). The van der Waals surface area contributed by atoms with Gasteiger partial charge in [-0.05, 0) is 52.3 Å². The van der Waals surface area contributed by atoms with Gasteiger partial charge in [-0.3, -0.25) is 4.79 Å². The van der Waals surface area contributed by atoms with Gasteiger partial charge >= 0.3 is 0 Å². The number of carbonyl (C=O) groups excluding carboxylic acids is 1. The Morgan fingerprint density at radius 1 is 1.20 bits per heavy atom. The first-order valence-electron chi connectivity index (χ1n) is 5.61. The molecule has 0 spiro atoms. The van der Waals surface area contributed by atoms with Crippen molar-refractivity contribution in [2.24, 2.45) is 0 Å². The molecule has 0 aromatic heterocycles. The Hall–Kier alpha value is -1.23. The van der Waals surface area contributed by atoms with Crippen LogP contribution in [-0.4, -0.2) is 13.0 Å². The zero-order valence-corrected chi connectivity index (χ0v) is 13.5. The molecule has 0 aliphatic heterocycles. The van der Waals surface area contributed by atoms with Crippen LogP contribution in [0.5, 0.6) is 5.75 Å². The second kappa shape index (κ2) is 6.48. The lowest BCUT2D eigenvalue weighted by Gasteiger charge is -2.10. The van der Waals surface area contributed by atoms with Gasteiger partial charge in [-0.25, -0.2) is 0 Å². The summed E-state index contributed by atoms with van der Waals surface area (Å²) in [5, 5.41) is 3.80. The van der Waals surface area contributed by atoms with Crippen LogP contribution < -0.4 is 10.1 Å². The molecule has 0 saturated carbocycles. The van der Waals surface area contributed by atoms with E-state index in [0.29, 0.717) is 31.5 Å². The molecule has 1 N–H and O–H groups in total. The fraction of sp³-hybridized carbons (Fsp3) is 0.0714. The van der Waals surface area contributed by atoms with Crippen LogP contribution in [0.25, 0.3) is 0 Å². The van der Waals surface area contributed by atoms with Gasteiger partial charge in [-0.1, -0.05) is 23.2 Å². The van der Waals surface area contributed by atoms with Crippen molar-refractivity contribution >= 4 is 50.7 Å². The molecule has 3 nitrogen and oxygen atoms in total. The number of ether oxygens (including phenoxy) is 1. The lowest BCUT2D eigenvalue weighted by atomic mass is 10.2. The number of benzene rings is 2. The van der Waals surface area contributed by atoms with E-state index in [0.717, 1.165) is 0 Å². The van der Waals surface area contributed by atoms with Gasteiger partial charge in [0, 0.05) is 15.2 Å². The fourth-order valence-electron chi connectivity index (χ4n) is 1.63. The molecule has 0 bridgehead atoms. The molecule has 2 rings (SSSR count). The predicted octanol–water partition coefficient (Wildman–Crippen LogP) is 5.02. The monoisotopic (exact) mass is 373 g/mol. The van der Waals surface area contributed by atoms with Crippen LogP contribution >= 0.6 is 39.1 Å². The first kappa shape index (κ1) is 15.2. The van der Waals surface area contributed by atoms with Crippen molar-refractivity contribution in [3.05, 3.63) is 56.5 Å². The molecule has 0 aliphatic rings. The van der Waals surface area contributed by atoms with E-state index in [1.165, 1.54) is 7.11 Å². The minimum absolute atomic E-state index is 0.307. The highest BCUT2D eigenvalue weighted by Gasteiger charge is 2.13. The van der Waals surface area contributed by atoms with Crippen LogP contribution in [0, 0.1) is 0 Å². The van der Waals surface area contributed by atoms with Crippen molar-refractivity contribution in [1.82, 2.24) is 0 Å². The van der Waals surface area contributed by atoms with E-state index in [9.17, 15) is 4.79 Å². The summed E-state index contributed by atoms with van der Waals surface area (Å²) in [5.41, 5.74) is 0.986. The average Bonchev–Trinajstić information content (AvgIpc) is 2.43. The Bertz CT molecular complexity index is 662. The molecule has 0 atom stereocenters. The summed E-state index contributed by atoms with van der Waals surface area (Å²) in [6.07, 6.45) is 0. The van der Waals surface area contributed by atoms with Gasteiger partial charge < -0.3 is 10.1 Å². The van der Waals surface area contributed by atoms with Crippen molar-refractivity contribution in [2.45, 2.75) is 0 Å². The molecule has 0 fully saturated rings. The van der Waals surface area contributed by atoms with E-state index in [2.05, 4.69) is 21.2 Å². The minimum atomic E-state index is -0.307. The third-order valence-electron chi connectivity index (χ3n) is 2.58. The molecule has 0 radical (unpaired) electrons. The molecule has 0 unspecified atom stereocenters. The Balaban J connectivity index is 2.27. The van der Waals surface area contributed by atoms with Gasteiger partial charge in [0.15, 0.2) is 0 Å². The van der Waals surface area contributed by atoms with E-state index < -0.39 is 0 Å². The zero-order chi connectivity index (χ0) is 14.7. The second-order valence-corrected chi connectivity index (χ2v) is 5.63. The van der Waals surface area contributed by atoms with Crippen LogP contribution in [0.2, 0.25) is 10.0 Å². The van der Waals surface area contributed by atoms with Gasteiger partial charge in [0.25, 0.3) is 5.91 Å². The number of nitrogens with one attached hydrogen (secondary N) is 1. The van der Waals surface area contributed by atoms with Crippen LogP contribution in [0.4, 0.5) is 5.69 Å². The number of halogens is 3. The number of rotatable bonds is 3. The molecule has 20 heavy (non-hydrogen) atoms. The number of anilines is 1. The quantitative estimate of drug-likeness (QED) is 0.819. The Morgan fingerprint density at radius 2 is 1.95 bits per heavy atom. The maximum atomic E-state index is 12.2. The maximum Gasteiger partial charge on any atom is 0.259 e. The molecular formula is C14H10BrCl2NO2. The van der Waals surface area contributed by atoms with E-state index >= 15 is 0 Å². The predicted molar refractivity (Wildman–Crippen MR) is 85.1 cm³/mol. The largest absolute Gasteiger partial charge is 0.496 e. The van der Waals surface area contributed by atoms with Gasteiger partial charge in [0.05, 0.1) is 17.7 Å². The van der Waals surface area contributed by atoms with Crippen LogP contribution in [0.15, 0.2) is 40.9 Å². The number of carbonyl (C=O) groups is 1. The zero-order valence-electron chi connectivity index (χ0n) is 10.4. The number of hydrogen-bond donors (Lipinski definition) is 1. The van der Waals surface area contributed by atoms with Gasteiger partial charge in [0.1, 0.15) is 5.75 Å².